The average molecular weight is 232 g/mol. The lowest BCUT2D eigenvalue weighted by molar-refractivity contribution is -0.390. The van der Waals surface area contributed by atoms with E-state index < -0.39 is 34.4 Å². The summed E-state index contributed by atoms with van der Waals surface area (Å²) in [6.45, 7) is 1.23. The second-order valence-electron chi connectivity index (χ2n) is 2.92. The maximum atomic E-state index is 12.4. The molecule has 0 spiro atoms. The number of pyridine rings is 1. The van der Waals surface area contributed by atoms with Gasteiger partial charge in [-0.3, -0.25) is 0 Å². The number of aromatic nitrogens is 1. The second-order valence-corrected chi connectivity index (χ2v) is 2.92. The van der Waals surface area contributed by atoms with E-state index in [1.165, 1.54) is 6.92 Å². The zero-order chi connectivity index (χ0) is 12.5. The molecule has 1 N–H and O–H groups in total. The van der Waals surface area contributed by atoms with Crippen molar-refractivity contribution >= 4 is 11.8 Å². The van der Waals surface area contributed by atoms with Crippen molar-refractivity contribution in [3.8, 4) is 0 Å². The molecule has 0 aliphatic carbocycles. The van der Waals surface area contributed by atoms with Crippen molar-refractivity contribution in [2.24, 2.45) is 0 Å². The SMILES string of the molecule is Cc1cc(C(=O)O)c(C(F)F)nc1[N+](=O)[O-]. The van der Waals surface area contributed by atoms with Gasteiger partial charge in [0.2, 0.25) is 5.69 Å². The maximum Gasteiger partial charge on any atom is 0.366 e. The number of hydrogen-bond acceptors (Lipinski definition) is 4. The van der Waals surface area contributed by atoms with Gasteiger partial charge in [0.15, 0.2) is 0 Å². The number of aryl methyl sites for hydroxylation is 1. The summed E-state index contributed by atoms with van der Waals surface area (Å²) < 4.78 is 24.8. The number of nitrogens with zero attached hydrogens (tertiary/aromatic N) is 2. The van der Waals surface area contributed by atoms with Crippen LogP contribution in [-0.4, -0.2) is 21.0 Å². The minimum atomic E-state index is -3.18. The predicted octanol–water partition coefficient (Wildman–Crippen LogP) is 1.93. The molecule has 1 aromatic rings. The monoisotopic (exact) mass is 232 g/mol. The van der Waals surface area contributed by atoms with Gasteiger partial charge in [-0.1, -0.05) is 0 Å². The molecule has 0 saturated heterocycles. The highest BCUT2D eigenvalue weighted by molar-refractivity contribution is 5.89. The summed E-state index contributed by atoms with van der Waals surface area (Å²) in [5.74, 6) is -2.36. The van der Waals surface area contributed by atoms with Crippen molar-refractivity contribution in [1.82, 2.24) is 4.98 Å². The minimum Gasteiger partial charge on any atom is -0.478 e. The van der Waals surface area contributed by atoms with Gasteiger partial charge in [-0.05, 0) is 22.9 Å². The highest BCUT2D eigenvalue weighted by Crippen LogP contribution is 2.26. The van der Waals surface area contributed by atoms with Crippen LogP contribution in [0, 0.1) is 17.0 Å². The molecule has 0 atom stereocenters. The number of alkyl halides is 2. The minimum absolute atomic E-state index is 0.0770. The summed E-state index contributed by atoms with van der Waals surface area (Å²) >= 11 is 0. The zero-order valence-electron chi connectivity index (χ0n) is 7.98. The lowest BCUT2D eigenvalue weighted by Crippen LogP contribution is -2.09. The van der Waals surface area contributed by atoms with Crippen molar-refractivity contribution in [2.75, 3.05) is 0 Å². The van der Waals surface area contributed by atoms with E-state index in [4.69, 9.17) is 5.11 Å². The largest absolute Gasteiger partial charge is 0.478 e. The van der Waals surface area contributed by atoms with Crippen LogP contribution >= 0.6 is 0 Å². The van der Waals surface area contributed by atoms with Crippen LogP contribution in [0.1, 0.15) is 28.0 Å². The van der Waals surface area contributed by atoms with Crippen LogP contribution in [0.4, 0.5) is 14.6 Å². The van der Waals surface area contributed by atoms with E-state index in [2.05, 4.69) is 4.98 Å². The molecule has 86 valence electrons. The van der Waals surface area contributed by atoms with E-state index in [1.807, 2.05) is 0 Å². The third-order valence-electron chi connectivity index (χ3n) is 1.83. The molecule has 0 aliphatic rings. The third kappa shape index (κ3) is 2.10. The normalized spacial score (nSPS) is 10.5. The van der Waals surface area contributed by atoms with E-state index in [1.54, 1.807) is 0 Å². The number of nitro groups is 1. The number of carboxylic acid groups (broad SMARTS) is 1. The van der Waals surface area contributed by atoms with Gasteiger partial charge in [-0.2, -0.15) is 0 Å². The fourth-order valence-electron chi connectivity index (χ4n) is 1.14. The Morgan fingerprint density at radius 3 is 2.56 bits per heavy atom. The van der Waals surface area contributed by atoms with Gasteiger partial charge in [0.05, 0.1) is 0 Å². The Morgan fingerprint density at radius 1 is 1.62 bits per heavy atom. The first-order valence-corrected chi connectivity index (χ1v) is 4.02. The summed E-state index contributed by atoms with van der Waals surface area (Å²) in [5.41, 5.74) is -1.89. The van der Waals surface area contributed by atoms with Gasteiger partial charge in [0, 0.05) is 5.56 Å². The number of carboxylic acids is 1. The van der Waals surface area contributed by atoms with E-state index >= 15 is 0 Å². The van der Waals surface area contributed by atoms with Gasteiger partial charge in [-0.25, -0.2) is 13.6 Å². The molecule has 16 heavy (non-hydrogen) atoms. The van der Waals surface area contributed by atoms with E-state index in [9.17, 15) is 23.7 Å². The molecular formula is C8H6F2N2O4. The summed E-state index contributed by atoms with van der Waals surface area (Å²) in [6.07, 6.45) is -3.18. The number of aromatic carboxylic acids is 1. The molecule has 0 unspecified atom stereocenters. The Kier molecular flexibility index (Phi) is 3.11. The molecule has 0 aliphatic heterocycles. The first kappa shape index (κ1) is 12.0. The Balaban J connectivity index is 3.49. The van der Waals surface area contributed by atoms with Crippen molar-refractivity contribution < 1.29 is 23.6 Å². The number of hydrogen-bond donors (Lipinski definition) is 1. The van der Waals surface area contributed by atoms with Crippen LogP contribution in [0.25, 0.3) is 0 Å². The molecule has 0 bridgehead atoms. The predicted molar refractivity (Wildman–Crippen MR) is 47.5 cm³/mol. The summed E-state index contributed by atoms with van der Waals surface area (Å²) in [5, 5.41) is 19.1. The van der Waals surface area contributed by atoms with Crippen LogP contribution < -0.4 is 0 Å². The summed E-state index contributed by atoms with van der Waals surface area (Å²) in [7, 11) is 0. The Hall–Kier alpha value is -2.12. The molecule has 0 saturated carbocycles. The molecule has 1 heterocycles. The van der Waals surface area contributed by atoms with Gasteiger partial charge in [0.1, 0.15) is 5.56 Å². The highest BCUT2D eigenvalue weighted by atomic mass is 19.3. The lowest BCUT2D eigenvalue weighted by atomic mass is 10.1. The molecule has 8 heteroatoms. The first-order chi connectivity index (χ1) is 7.34. The van der Waals surface area contributed by atoms with E-state index in [0.717, 1.165) is 6.07 Å². The molecule has 0 amide bonds. The van der Waals surface area contributed by atoms with Crippen molar-refractivity contribution in [3.63, 3.8) is 0 Å². The van der Waals surface area contributed by atoms with E-state index in [0.29, 0.717) is 0 Å². The van der Waals surface area contributed by atoms with Gasteiger partial charge in [-0.15, -0.1) is 0 Å². The zero-order valence-corrected chi connectivity index (χ0v) is 7.98. The average Bonchev–Trinajstić information content (AvgIpc) is 2.15. The number of carbonyl (C=O) groups is 1. The molecule has 1 rings (SSSR count). The highest BCUT2D eigenvalue weighted by Gasteiger charge is 2.28. The van der Waals surface area contributed by atoms with E-state index in [-0.39, 0.29) is 5.56 Å². The molecule has 0 radical (unpaired) electrons. The first-order valence-electron chi connectivity index (χ1n) is 4.02. The molecule has 0 fully saturated rings. The Bertz CT molecular complexity index is 462. The van der Waals surface area contributed by atoms with Crippen molar-refractivity contribution in [1.29, 1.82) is 0 Å². The summed E-state index contributed by atoms with van der Waals surface area (Å²) in [4.78, 5) is 23.2. The van der Waals surface area contributed by atoms with Gasteiger partial charge in [0.25, 0.3) is 0 Å². The lowest BCUT2D eigenvalue weighted by Gasteiger charge is -2.02. The van der Waals surface area contributed by atoms with Crippen LogP contribution in [0.15, 0.2) is 6.07 Å². The third-order valence-corrected chi connectivity index (χ3v) is 1.83. The fraction of sp³-hybridized carbons (Fsp3) is 0.250. The second kappa shape index (κ2) is 4.17. The standard InChI is InChI=1S/C8H6F2N2O4/c1-3-2-4(8(13)14)5(6(9)10)11-7(3)12(15)16/h2,6H,1H3,(H,13,14). The van der Waals surface area contributed by atoms with Crippen LogP contribution in [0.5, 0.6) is 0 Å². The quantitative estimate of drug-likeness (QED) is 0.634. The topological polar surface area (TPSA) is 93.3 Å². The van der Waals surface area contributed by atoms with Crippen LogP contribution in [0.2, 0.25) is 0 Å². The fourth-order valence-corrected chi connectivity index (χ4v) is 1.14. The summed E-state index contributed by atoms with van der Waals surface area (Å²) in [6, 6.07) is 0.814. The maximum absolute atomic E-state index is 12.4. The Morgan fingerprint density at radius 2 is 2.19 bits per heavy atom. The Labute approximate surface area is 87.7 Å². The number of rotatable bonds is 3. The van der Waals surface area contributed by atoms with Gasteiger partial charge >= 0.3 is 18.2 Å². The van der Waals surface area contributed by atoms with Crippen LogP contribution in [0.3, 0.4) is 0 Å². The van der Waals surface area contributed by atoms with Crippen molar-refractivity contribution in [3.05, 3.63) is 33.0 Å². The van der Waals surface area contributed by atoms with Crippen molar-refractivity contribution in [2.45, 2.75) is 13.3 Å². The van der Waals surface area contributed by atoms with Crippen LogP contribution in [-0.2, 0) is 0 Å². The molecule has 1 aromatic heterocycles. The number of halogens is 2. The molecule has 6 nitrogen and oxygen atoms in total. The molecule has 0 aromatic carbocycles. The smallest absolute Gasteiger partial charge is 0.366 e. The van der Waals surface area contributed by atoms with Gasteiger partial charge < -0.3 is 15.2 Å². The molecular weight excluding hydrogens is 226 g/mol.